The maximum absolute atomic E-state index is 12.1. The highest BCUT2D eigenvalue weighted by Crippen LogP contribution is 2.44. The molecule has 0 bridgehead atoms. The first-order valence-electron chi connectivity index (χ1n) is 10.4. The fraction of sp³-hybridized carbons (Fsp3) is 0.375. The van der Waals surface area contributed by atoms with E-state index in [2.05, 4.69) is 22.8 Å². The minimum atomic E-state index is -1.00. The molecule has 7 nitrogen and oxygen atoms in total. The zero-order chi connectivity index (χ0) is 22.4. The van der Waals surface area contributed by atoms with Crippen LogP contribution in [0.25, 0.3) is 11.1 Å². The summed E-state index contributed by atoms with van der Waals surface area (Å²) in [5.41, 5.74) is 3.57. The Bertz CT molecular complexity index is 928. The number of alkyl carbamates (subject to hydrolysis) is 1. The van der Waals surface area contributed by atoms with Gasteiger partial charge in [-0.05, 0) is 35.6 Å². The molecule has 0 saturated heterocycles. The molecule has 0 radical (unpaired) electrons. The second-order valence-corrected chi connectivity index (χ2v) is 8.00. The Morgan fingerprint density at radius 1 is 1.00 bits per heavy atom. The summed E-state index contributed by atoms with van der Waals surface area (Å²) in [4.78, 5) is 35.3. The molecule has 2 aromatic carbocycles. The first kappa shape index (κ1) is 22.3. The van der Waals surface area contributed by atoms with Gasteiger partial charge in [0.05, 0.1) is 5.41 Å². The number of amides is 2. The summed E-state index contributed by atoms with van der Waals surface area (Å²) in [7, 11) is 0. The van der Waals surface area contributed by atoms with Gasteiger partial charge in [0.25, 0.3) is 0 Å². The summed E-state index contributed by atoms with van der Waals surface area (Å²) in [5.74, 6) is -1.30. The molecule has 0 aromatic heterocycles. The van der Waals surface area contributed by atoms with Gasteiger partial charge in [0.1, 0.15) is 6.61 Å². The van der Waals surface area contributed by atoms with Crippen molar-refractivity contribution in [2.24, 2.45) is 5.41 Å². The standard InChI is InChI=1S/C24H28N2O5/c1-3-24(2,22(28)29)15-26-21(27)12-13-25-23(30)31-14-20-18-10-6-4-8-16(18)17-9-5-7-11-19(17)20/h4-11,20H,3,12-15H2,1-2H3,(H,25,30)(H,26,27)(H,28,29). The van der Waals surface area contributed by atoms with Crippen molar-refractivity contribution in [3.8, 4) is 11.1 Å². The maximum Gasteiger partial charge on any atom is 0.407 e. The molecule has 1 aliphatic rings. The number of aliphatic carboxylic acids is 1. The van der Waals surface area contributed by atoms with Crippen molar-refractivity contribution in [2.45, 2.75) is 32.6 Å². The molecular weight excluding hydrogens is 396 g/mol. The molecule has 164 valence electrons. The van der Waals surface area contributed by atoms with Crippen molar-refractivity contribution in [3.05, 3.63) is 59.7 Å². The number of hydrogen-bond donors (Lipinski definition) is 3. The lowest BCUT2D eigenvalue weighted by molar-refractivity contribution is -0.148. The molecule has 3 rings (SSSR count). The minimum Gasteiger partial charge on any atom is -0.481 e. The largest absolute Gasteiger partial charge is 0.481 e. The number of nitrogens with one attached hydrogen (secondary N) is 2. The minimum absolute atomic E-state index is 0.0239. The number of benzene rings is 2. The lowest BCUT2D eigenvalue weighted by Gasteiger charge is -2.23. The smallest absolute Gasteiger partial charge is 0.407 e. The van der Waals surface area contributed by atoms with E-state index in [0.717, 1.165) is 22.3 Å². The normalized spacial score (nSPS) is 14.1. The van der Waals surface area contributed by atoms with E-state index in [-0.39, 0.29) is 37.9 Å². The molecule has 1 unspecified atom stereocenters. The van der Waals surface area contributed by atoms with Crippen molar-refractivity contribution in [2.75, 3.05) is 19.7 Å². The number of ether oxygens (including phenoxy) is 1. The van der Waals surface area contributed by atoms with Crippen LogP contribution in [0.2, 0.25) is 0 Å². The van der Waals surface area contributed by atoms with Crippen LogP contribution in [0.4, 0.5) is 4.79 Å². The van der Waals surface area contributed by atoms with Crippen LogP contribution in [0.1, 0.15) is 43.7 Å². The van der Waals surface area contributed by atoms with Crippen LogP contribution in [0.3, 0.4) is 0 Å². The fourth-order valence-corrected chi connectivity index (χ4v) is 3.66. The van der Waals surface area contributed by atoms with Gasteiger partial charge >= 0.3 is 12.1 Å². The number of carbonyl (C=O) groups is 3. The van der Waals surface area contributed by atoms with Gasteiger partial charge in [-0.25, -0.2) is 4.79 Å². The Morgan fingerprint density at radius 2 is 1.58 bits per heavy atom. The van der Waals surface area contributed by atoms with Crippen molar-refractivity contribution in [1.82, 2.24) is 10.6 Å². The summed E-state index contributed by atoms with van der Waals surface area (Å²) < 4.78 is 5.43. The van der Waals surface area contributed by atoms with Crippen LogP contribution in [-0.4, -0.2) is 42.8 Å². The van der Waals surface area contributed by atoms with Crippen molar-refractivity contribution in [1.29, 1.82) is 0 Å². The van der Waals surface area contributed by atoms with E-state index in [1.165, 1.54) is 0 Å². The van der Waals surface area contributed by atoms with Crippen molar-refractivity contribution >= 4 is 18.0 Å². The van der Waals surface area contributed by atoms with Gasteiger partial charge in [-0.2, -0.15) is 0 Å². The van der Waals surface area contributed by atoms with Crippen LogP contribution in [0.15, 0.2) is 48.5 Å². The SMILES string of the molecule is CCC(C)(CNC(=O)CCNC(=O)OCC1c2ccccc2-c2ccccc21)C(=O)O. The molecule has 7 heteroatoms. The molecule has 0 saturated carbocycles. The molecule has 0 heterocycles. The van der Waals surface area contributed by atoms with Crippen LogP contribution in [0, 0.1) is 5.41 Å². The third-order valence-electron chi connectivity index (χ3n) is 5.94. The van der Waals surface area contributed by atoms with E-state index in [0.29, 0.717) is 6.42 Å². The maximum atomic E-state index is 12.1. The van der Waals surface area contributed by atoms with Gasteiger partial charge in [0.2, 0.25) is 5.91 Å². The lowest BCUT2D eigenvalue weighted by Crippen LogP contribution is -2.41. The Kier molecular flexibility index (Phi) is 6.95. The highest BCUT2D eigenvalue weighted by atomic mass is 16.5. The van der Waals surface area contributed by atoms with Gasteiger partial charge in [-0.3, -0.25) is 9.59 Å². The van der Waals surface area contributed by atoms with E-state index in [4.69, 9.17) is 4.74 Å². The van der Waals surface area contributed by atoms with Crippen LogP contribution in [-0.2, 0) is 14.3 Å². The Labute approximate surface area is 181 Å². The second-order valence-electron chi connectivity index (χ2n) is 8.00. The van der Waals surface area contributed by atoms with E-state index in [1.807, 2.05) is 36.4 Å². The van der Waals surface area contributed by atoms with Gasteiger partial charge in [0, 0.05) is 25.4 Å². The number of rotatable bonds is 9. The highest BCUT2D eigenvalue weighted by Gasteiger charge is 2.31. The van der Waals surface area contributed by atoms with Crippen molar-refractivity contribution in [3.63, 3.8) is 0 Å². The number of fused-ring (bicyclic) bond motifs is 3. The zero-order valence-electron chi connectivity index (χ0n) is 17.8. The predicted molar refractivity (Wildman–Crippen MR) is 117 cm³/mol. The summed E-state index contributed by atoms with van der Waals surface area (Å²) in [5, 5.41) is 14.4. The molecule has 3 N–H and O–H groups in total. The lowest BCUT2D eigenvalue weighted by atomic mass is 9.88. The van der Waals surface area contributed by atoms with E-state index >= 15 is 0 Å². The first-order chi connectivity index (χ1) is 14.9. The Hall–Kier alpha value is -3.35. The summed E-state index contributed by atoms with van der Waals surface area (Å²) in [6, 6.07) is 16.2. The molecule has 0 aliphatic heterocycles. The number of carbonyl (C=O) groups excluding carboxylic acids is 2. The van der Waals surface area contributed by atoms with Crippen LogP contribution >= 0.6 is 0 Å². The molecule has 0 spiro atoms. The van der Waals surface area contributed by atoms with E-state index in [9.17, 15) is 19.5 Å². The second kappa shape index (κ2) is 9.64. The van der Waals surface area contributed by atoms with Crippen LogP contribution < -0.4 is 10.6 Å². The van der Waals surface area contributed by atoms with Crippen LogP contribution in [0.5, 0.6) is 0 Å². The fourth-order valence-electron chi connectivity index (χ4n) is 3.66. The molecule has 0 fully saturated rings. The van der Waals surface area contributed by atoms with Gasteiger partial charge in [0.15, 0.2) is 0 Å². The van der Waals surface area contributed by atoms with Gasteiger partial charge in [-0.15, -0.1) is 0 Å². The molecule has 1 aliphatic carbocycles. The molecule has 2 aromatic rings. The number of carboxylic acids is 1. The zero-order valence-corrected chi connectivity index (χ0v) is 17.8. The highest BCUT2D eigenvalue weighted by molar-refractivity contribution is 5.80. The average Bonchev–Trinajstić information content (AvgIpc) is 3.09. The average molecular weight is 424 g/mol. The predicted octanol–water partition coefficient (Wildman–Crippen LogP) is 3.53. The Balaban J connectivity index is 1.45. The topological polar surface area (TPSA) is 105 Å². The summed E-state index contributed by atoms with van der Waals surface area (Å²) >= 11 is 0. The number of hydrogen-bond acceptors (Lipinski definition) is 4. The van der Waals surface area contributed by atoms with Crippen molar-refractivity contribution < 1.29 is 24.2 Å². The molecule has 31 heavy (non-hydrogen) atoms. The van der Waals surface area contributed by atoms with E-state index in [1.54, 1.807) is 13.8 Å². The Morgan fingerprint density at radius 3 is 2.13 bits per heavy atom. The first-order valence-corrected chi connectivity index (χ1v) is 10.4. The van der Waals surface area contributed by atoms with E-state index < -0.39 is 17.5 Å². The third kappa shape index (κ3) is 5.05. The van der Waals surface area contributed by atoms with Gasteiger partial charge in [-0.1, -0.05) is 55.5 Å². The molecule has 2 amide bonds. The molecule has 1 atom stereocenters. The summed E-state index contributed by atoms with van der Waals surface area (Å²) in [6.45, 7) is 3.71. The van der Waals surface area contributed by atoms with Gasteiger partial charge < -0.3 is 20.5 Å². The third-order valence-corrected chi connectivity index (χ3v) is 5.94. The number of carboxylic acid groups (broad SMARTS) is 1. The molecular formula is C24H28N2O5. The summed E-state index contributed by atoms with van der Waals surface area (Å²) in [6.07, 6.45) is -0.136. The monoisotopic (exact) mass is 424 g/mol. The quantitative estimate of drug-likeness (QED) is 0.571.